The zero-order valence-corrected chi connectivity index (χ0v) is 11.3. The molecule has 2 amide bonds. The Labute approximate surface area is 112 Å². The minimum absolute atomic E-state index is 0.0927. The Bertz CT molecular complexity index is 397. The molecular formula is C13H20N2O4. The first-order chi connectivity index (χ1) is 9.10. The maximum absolute atomic E-state index is 12.1. The lowest BCUT2D eigenvalue weighted by Gasteiger charge is -2.24. The molecule has 0 aliphatic heterocycles. The van der Waals surface area contributed by atoms with E-state index < -0.39 is 11.9 Å². The normalized spacial score (nSPS) is 11.9. The van der Waals surface area contributed by atoms with Gasteiger partial charge in [0.1, 0.15) is 6.04 Å². The van der Waals surface area contributed by atoms with Crippen molar-refractivity contribution in [3.63, 3.8) is 0 Å². The summed E-state index contributed by atoms with van der Waals surface area (Å²) >= 11 is 0. The van der Waals surface area contributed by atoms with Gasteiger partial charge in [0.05, 0.1) is 12.9 Å². The van der Waals surface area contributed by atoms with Crippen molar-refractivity contribution < 1.29 is 19.1 Å². The van der Waals surface area contributed by atoms with Crippen LogP contribution in [0.4, 0.5) is 0 Å². The van der Waals surface area contributed by atoms with Crippen LogP contribution in [0.2, 0.25) is 0 Å². The van der Waals surface area contributed by atoms with Gasteiger partial charge in [-0.25, -0.2) is 0 Å². The molecule has 0 radical (unpaired) electrons. The third kappa shape index (κ3) is 4.40. The highest BCUT2D eigenvalue weighted by atomic mass is 16.3. The average molecular weight is 268 g/mol. The highest BCUT2D eigenvalue weighted by Crippen LogP contribution is 2.02. The van der Waals surface area contributed by atoms with Crippen molar-refractivity contribution in [3.8, 4) is 0 Å². The Hall–Kier alpha value is -1.82. The molecular weight excluding hydrogens is 248 g/mol. The number of furan rings is 1. The van der Waals surface area contributed by atoms with Crippen molar-refractivity contribution >= 4 is 11.8 Å². The van der Waals surface area contributed by atoms with E-state index >= 15 is 0 Å². The van der Waals surface area contributed by atoms with Crippen LogP contribution in [0.25, 0.3) is 0 Å². The van der Waals surface area contributed by atoms with Crippen molar-refractivity contribution in [2.24, 2.45) is 0 Å². The highest BCUT2D eigenvalue weighted by Gasteiger charge is 2.22. The van der Waals surface area contributed by atoms with E-state index in [9.17, 15) is 9.59 Å². The first-order valence-corrected chi connectivity index (χ1v) is 6.34. The van der Waals surface area contributed by atoms with Crippen LogP contribution in [0.3, 0.4) is 0 Å². The molecule has 1 atom stereocenters. The summed E-state index contributed by atoms with van der Waals surface area (Å²) in [6.45, 7) is 4.30. The van der Waals surface area contributed by atoms with Gasteiger partial charge in [0.25, 0.3) is 5.91 Å². The van der Waals surface area contributed by atoms with Crippen molar-refractivity contribution in [3.05, 3.63) is 24.2 Å². The number of carbonyl (C=O) groups is 2. The van der Waals surface area contributed by atoms with Crippen molar-refractivity contribution in [1.29, 1.82) is 0 Å². The number of aliphatic hydroxyl groups is 1. The van der Waals surface area contributed by atoms with Crippen LogP contribution in [-0.4, -0.2) is 47.6 Å². The average Bonchev–Trinajstić information content (AvgIpc) is 2.91. The third-order valence-electron chi connectivity index (χ3n) is 2.64. The zero-order valence-electron chi connectivity index (χ0n) is 11.3. The minimum Gasteiger partial charge on any atom is -0.459 e. The molecule has 0 fully saturated rings. The van der Waals surface area contributed by atoms with Crippen molar-refractivity contribution in [2.45, 2.75) is 26.3 Å². The van der Waals surface area contributed by atoms with Crippen LogP contribution >= 0.6 is 0 Å². The number of rotatable bonds is 7. The first kappa shape index (κ1) is 15.2. The fourth-order valence-corrected chi connectivity index (χ4v) is 1.73. The molecule has 0 aromatic carbocycles. The molecule has 0 aliphatic carbocycles. The summed E-state index contributed by atoms with van der Waals surface area (Å²) in [5.41, 5.74) is 0. The summed E-state index contributed by atoms with van der Waals surface area (Å²) in [5, 5.41) is 11.5. The lowest BCUT2D eigenvalue weighted by atomic mass is 10.2. The number of carbonyl (C=O) groups excluding carboxylic acids is 2. The van der Waals surface area contributed by atoms with Crippen LogP contribution in [0, 0.1) is 0 Å². The molecule has 1 unspecified atom stereocenters. The highest BCUT2D eigenvalue weighted by molar-refractivity contribution is 5.95. The summed E-state index contributed by atoms with van der Waals surface area (Å²) < 4.78 is 4.95. The van der Waals surface area contributed by atoms with E-state index in [0.717, 1.165) is 6.42 Å². The summed E-state index contributed by atoms with van der Waals surface area (Å²) in [5.74, 6) is -0.467. The molecule has 6 heteroatoms. The van der Waals surface area contributed by atoms with Gasteiger partial charge in [-0.3, -0.25) is 9.59 Å². The van der Waals surface area contributed by atoms with Gasteiger partial charge in [0, 0.05) is 13.1 Å². The first-order valence-electron chi connectivity index (χ1n) is 6.34. The van der Waals surface area contributed by atoms with Gasteiger partial charge >= 0.3 is 0 Å². The van der Waals surface area contributed by atoms with E-state index in [1.54, 1.807) is 13.0 Å². The molecule has 106 valence electrons. The van der Waals surface area contributed by atoms with E-state index in [-0.39, 0.29) is 24.8 Å². The van der Waals surface area contributed by atoms with E-state index in [4.69, 9.17) is 9.52 Å². The van der Waals surface area contributed by atoms with Gasteiger partial charge in [-0.15, -0.1) is 0 Å². The van der Waals surface area contributed by atoms with Gasteiger partial charge in [0.2, 0.25) is 5.91 Å². The fourth-order valence-electron chi connectivity index (χ4n) is 1.73. The quantitative estimate of drug-likeness (QED) is 0.759. The zero-order chi connectivity index (χ0) is 14.3. The lowest BCUT2D eigenvalue weighted by molar-refractivity contribution is -0.133. The Morgan fingerprint density at radius 3 is 2.74 bits per heavy atom. The SMILES string of the molecule is CCCN(CCO)C(=O)C(C)NC(=O)c1ccco1. The molecule has 1 rings (SSSR count). The molecule has 2 N–H and O–H groups in total. The number of amides is 2. The molecule has 1 aromatic heterocycles. The van der Waals surface area contributed by atoms with Gasteiger partial charge in [0.15, 0.2) is 5.76 Å². The number of hydrogen-bond acceptors (Lipinski definition) is 4. The molecule has 1 aromatic rings. The van der Waals surface area contributed by atoms with Crippen LogP contribution in [0.15, 0.2) is 22.8 Å². The molecule has 0 aliphatic rings. The number of hydrogen-bond donors (Lipinski definition) is 2. The van der Waals surface area contributed by atoms with Gasteiger partial charge in [-0.1, -0.05) is 6.92 Å². The van der Waals surface area contributed by atoms with Crippen LogP contribution < -0.4 is 5.32 Å². The molecule has 0 saturated carbocycles. The van der Waals surface area contributed by atoms with Crippen LogP contribution in [0.1, 0.15) is 30.8 Å². The summed E-state index contributed by atoms with van der Waals surface area (Å²) in [6, 6.07) is 2.48. The largest absolute Gasteiger partial charge is 0.459 e. The summed E-state index contributed by atoms with van der Waals surface area (Å²) in [7, 11) is 0. The predicted molar refractivity (Wildman–Crippen MR) is 69.6 cm³/mol. The molecule has 19 heavy (non-hydrogen) atoms. The van der Waals surface area contributed by atoms with Crippen LogP contribution in [0.5, 0.6) is 0 Å². The second-order valence-corrected chi connectivity index (χ2v) is 4.22. The molecule has 0 spiro atoms. The van der Waals surface area contributed by atoms with Gasteiger partial charge < -0.3 is 19.7 Å². The number of aliphatic hydroxyl groups excluding tert-OH is 1. The monoisotopic (exact) mass is 268 g/mol. The lowest BCUT2D eigenvalue weighted by Crippen LogP contribution is -2.48. The fraction of sp³-hybridized carbons (Fsp3) is 0.538. The van der Waals surface area contributed by atoms with E-state index in [1.807, 2.05) is 6.92 Å². The van der Waals surface area contributed by atoms with E-state index in [1.165, 1.54) is 17.2 Å². The summed E-state index contributed by atoms with van der Waals surface area (Å²) in [4.78, 5) is 25.4. The van der Waals surface area contributed by atoms with Gasteiger partial charge in [-0.2, -0.15) is 0 Å². The Morgan fingerprint density at radius 1 is 1.47 bits per heavy atom. The molecule has 0 bridgehead atoms. The molecule has 0 saturated heterocycles. The topological polar surface area (TPSA) is 82.8 Å². The van der Waals surface area contributed by atoms with E-state index in [0.29, 0.717) is 6.54 Å². The van der Waals surface area contributed by atoms with E-state index in [2.05, 4.69) is 5.32 Å². The standard InChI is InChI=1S/C13H20N2O4/c1-3-6-15(7-8-16)13(18)10(2)14-12(17)11-5-4-9-19-11/h4-5,9-10,16H,3,6-8H2,1-2H3,(H,14,17). The third-order valence-corrected chi connectivity index (χ3v) is 2.64. The maximum Gasteiger partial charge on any atom is 0.287 e. The second-order valence-electron chi connectivity index (χ2n) is 4.22. The van der Waals surface area contributed by atoms with Crippen molar-refractivity contribution in [2.75, 3.05) is 19.7 Å². The minimum atomic E-state index is -0.657. The van der Waals surface area contributed by atoms with Crippen LogP contribution in [-0.2, 0) is 4.79 Å². The molecule has 1 heterocycles. The Kier molecular flexibility index (Phi) is 6.08. The smallest absolute Gasteiger partial charge is 0.287 e. The maximum atomic E-state index is 12.1. The molecule has 6 nitrogen and oxygen atoms in total. The number of nitrogens with one attached hydrogen (secondary N) is 1. The predicted octanol–water partition coefficient (Wildman–Crippen LogP) is 0.629. The van der Waals surface area contributed by atoms with Crippen molar-refractivity contribution in [1.82, 2.24) is 10.2 Å². The summed E-state index contributed by atoms with van der Waals surface area (Å²) in [6.07, 6.45) is 2.20. The number of nitrogens with zero attached hydrogens (tertiary/aromatic N) is 1. The van der Waals surface area contributed by atoms with Gasteiger partial charge in [-0.05, 0) is 25.5 Å². The second kappa shape index (κ2) is 7.58. The Balaban J connectivity index is 2.57. The Morgan fingerprint density at radius 2 is 2.21 bits per heavy atom.